The summed E-state index contributed by atoms with van der Waals surface area (Å²) in [6.45, 7) is 3.96. The molecule has 1 aromatic rings. The van der Waals surface area contributed by atoms with Crippen molar-refractivity contribution < 1.29 is 33.0 Å². The van der Waals surface area contributed by atoms with E-state index in [-0.39, 0.29) is 36.6 Å². The molecule has 0 aliphatic carbocycles. The number of carboxylic acid groups (broad SMARTS) is 1. The number of fused-ring (bicyclic) bond motifs is 2. The second-order valence-electron chi connectivity index (χ2n) is 9.79. The van der Waals surface area contributed by atoms with E-state index in [2.05, 4.69) is 14.9 Å². The number of carbonyl (C=O) groups is 2. The summed E-state index contributed by atoms with van der Waals surface area (Å²) in [7, 11) is 0. The highest BCUT2D eigenvalue weighted by Gasteiger charge is 2.44. The Labute approximate surface area is 223 Å². The Balaban J connectivity index is 1.39. The van der Waals surface area contributed by atoms with Crippen molar-refractivity contribution in [2.45, 2.75) is 49.6 Å². The Hall–Kier alpha value is -2.83. The average molecular weight is 549 g/mol. The maximum atomic E-state index is 14.8. The van der Waals surface area contributed by atoms with Gasteiger partial charge in [-0.1, -0.05) is 23.9 Å². The smallest absolute Gasteiger partial charge is 0.322 e. The van der Waals surface area contributed by atoms with Gasteiger partial charge in [0.1, 0.15) is 11.3 Å². The van der Waals surface area contributed by atoms with Gasteiger partial charge in [0.05, 0.1) is 32.7 Å². The molecule has 38 heavy (non-hydrogen) atoms. The van der Waals surface area contributed by atoms with Crippen molar-refractivity contribution in [2.75, 3.05) is 32.9 Å². The predicted octanol–water partition coefficient (Wildman–Crippen LogP) is 3.22. The molecular weight excluding hydrogens is 518 g/mol. The van der Waals surface area contributed by atoms with Gasteiger partial charge in [0.15, 0.2) is 16.8 Å². The standard InChI is InChI=1S/C26H30F2N4O5S/c1-2-37-25(35)24-23(19-4-3-5-20(27)22(19)28)30-26(38-24)32-14-29-7-6-16(32)11-31-17-8-15(10-21(33)34)9-18(31)13-36-12-17/h3-6,14-15,17-18,23-24H,2,7-13H2,1H3,(H,33,34)/t15?,17-,18+,23-,24-/m1/s1. The lowest BCUT2D eigenvalue weighted by Crippen LogP contribution is -2.58. The number of amidine groups is 1. The SMILES string of the molecule is CCOC(=O)[C@@H]1SC(N2C=NCC=C2CN2[C@@H]3COC[C@H]2CC(CC(=O)O)C3)=N[C@@H]1c1cccc(F)c1F. The summed E-state index contributed by atoms with van der Waals surface area (Å²) in [6, 6.07) is 3.09. The highest BCUT2D eigenvalue weighted by Crippen LogP contribution is 2.42. The summed E-state index contributed by atoms with van der Waals surface area (Å²) >= 11 is 1.15. The van der Waals surface area contributed by atoms with Crippen LogP contribution in [-0.2, 0) is 19.1 Å². The number of hydrogen-bond acceptors (Lipinski definition) is 9. The molecule has 9 nitrogen and oxygen atoms in total. The molecule has 5 rings (SSSR count). The zero-order chi connectivity index (χ0) is 26.8. The summed E-state index contributed by atoms with van der Waals surface area (Å²) in [6.07, 6.45) is 5.27. The molecule has 5 atom stereocenters. The highest BCUT2D eigenvalue weighted by molar-refractivity contribution is 8.15. The summed E-state index contributed by atoms with van der Waals surface area (Å²) in [5, 5.41) is 8.85. The summed E-state index contributed by atoms with van der Waals surface area (Å²) in [5.74, 6) is -3.24. The second kappa shape index (κ2) is 11.5. The molecule has 0 radical (unpaired) electrons. The van der Waals surface area contributed by atoms with Crippen LogP contribution in [0.3, 0.4) is 0 Å². The van der Waals surface area contributed by atoms with E-state index in [9.17, 15) is 23.5 Å². The molecule has 1 unspecified atom stereocenters. The molecular formula is C26H30F2N4O5S. The number of aliphatic imine (C=N–C) groups is 2. The molecule has 1 aromatic carbocycles. The van der Waals surface area contributed by atoms with Crippen LogP contribution in [0.4, 0.5) is 8.78 Å². The Morgan fingerprint density at radius 3 is 2.71 bits per heavy atom. The number of carboxylic acids is 1. The summed E-state index contributed by atoms with van der Waals surface area (Å²) in [4.78, 5) is 37.3. The molecule has 2 fully saturated rings. The number of hydrogen-bond donors (Lipinski definition) is 1. The zero-order valence-electron chi connectivity index (χ0n) is 21.0. The van der Waals surface area contributed by atoms with Gasteiger partial charge >= 0.3 is 11.9 Å². The molecule has 2 bridgehead atoms. The van der Waals surface area contributed by atoms with E-state index in [4.69, 9.17) is 9.47 Å². The van der Waals surface area contributed by atoms with Gasteiger partial charge in [-0.15, -0.1) is 0 Å². The van der Waals surface area contributed by atoms with Gasteiger partial charge in [0, 0.05) is 36.3 Å². The number of piperidine rings is 1. The topological polar surface area (TPSA) is 104 Å². The fraction of sp³-hybridized carbons (Fsp3) is 0.538. The van der Waals surface area contributed by atoms with Crippen LogP contribution in [0, 0.1) is 17.6 Å². The van der Waals surface area contributed by atoms with Crippen molar-refractivity contribution in [1.29, 1.82) is 0 Å². The maximum absolute atomic E-state index is 14.8. The molecule has 4 aliphatic rings. The second-order valence-corrected chi connectivity index (χ2v) is 10.9. The van der Waals surface area contributed by atoms with Crippen molar-refractivity contribution >= 4 is 35.2 Å². The largest absolute Gasteiger partial charge is 0.481 e. The van der Waals surface area contributed by atoms with Crippen LogP contribution >= 0.6 is 11.8 Å². The van der Waals surface area contributed by atoms with Gasteiger partial charge in [0.25, 0.3) is 0 Å². The van der Waals surface area contributed by atoms with E-state index in [1.807, 2.05) is 6.08 Å². The van der Waals surface area contributed by atoms with Gasteiger partial charge in [-0.25, -0.2) is 8.78 Å². The van der Waals surface area contributed by atoms with Gasteiger partial charge in [-0.2, -0.15) is 0 Å². The Morgan fingerprint density at radius 2 is 2.00 bits per heavy atom. The van der Waals surface area contributed by atoms with Crippen LogP contribution in [0.25, 0.3) is 0 Å². The fourth-order valence-electron chi connectivity index (χ4n) is 5.63. The van der Waals surface area contributed by atoms with Gasteiger partial charge in [-0.05, 0) is 37.8 Å². The lowest BCUT2D eigenvalue weighted by molar-refractivity contribution is -0.143. The molecule has 4 aliphatic heterocycles. The normalized spacial score (nSPS) is 29.1. The minimum Gasteiger partial charge on any atom is -0.481 e. The number of carbonyl (C=O) groups excluding carboxylic acids is 1. The van der Waals surface area contributed by atoms with Crippen LogP contribution in [0.1, 0.15) is 37.8 Å². The first-order valence-corrected chi connectivity index (χ1v) is 13.6. The van der Waals surface area contributed by atoms with Gasteiger partial charge < -0.3 is 14.6 Å². The van der Waals surface area contributed by atoms with Crippen LogP contribution in [-0.4, -0.2) is 88.6 Å². The third-order valence-electron chi connectivity index (χ3n) is 7.31. The monoisotopic (exact) mass is 548 g/mol. The first kappa shape index (κ1) is 26.8. The van der Waals surface area contributed by atoms with E-state index in [1.165, 1.54) is 12.1 Å². The molecule has 4 heterocycles. The number of nitrogens with zero attached hydrogens (tertiary/aromatic N) is 4. The minimum atomic E-state index is -1.03. The van der Waals surface area contributed by atoms with Crippen molar-refractivity contribution in [3.8, 4) is 0 Å². The van der Waals surface area contributed by atoms with Crippen LogP contribution in [0.5, 0.6) is 0 Å². The van der Waals surface area contributed by atoms with E-state index in [0.29, 0.717) is 31.5 Å². The number of ether oxygens (including phenoxy) is 2. The van der Waals surface area contributed by atoms with Crippen molar-refractivity contribution in [1.82, 2.24) is 9.80 Å². The lowest BCUT2D eigenvalue weighted by Gasteiger charge is -2.49. The third-order valence-corrected chi connectivity index (χ3v) is 8.53. The van der Waals surface area contributed by atoms with Crippen molar-refractivity contribution in [3.63, 3.8) is 0 Å². The Bertz CT molecular complexity index is 1160. The number of aliphatic carboxylic acids is 1. The van der Waals surface area contributed by atoms with Crippen molar-refractivity contribution in [3.05, 3.63) is 47.2 Å². The van der Waals surface area contributed by atoms with Crippen LogP contribution < -0.4 is 0 Å². The molecule has 2 saturated heterocycles. The number of rotatable bonds is 7. The van der Waals surface area contributed by atoms with Gasteiger partial charge in [-0.3, -0.25) is 29.4 Å². The molecule has 0 spiro atoms. The lowest BCUT2D eigenvalue weighted by atomic mass is 9.83. The van der Waals surface area contributed by atoms with E-state index in [0.717, 1.165) is 36.4 Å². The Morgan fingerprint density at radius 1 is 1.24 bits per heavy atom. The number of benzene rings is 1. The van der Waals surface area contributed by atoms with Crippen LogP contribution in [0.15, 0.2) is 40.0 Å². The van der Waals surface area contributed by atoms with E-state index >= 15 is 0 Å². The number of esters is 1. The minimum absolute atomic E-state index is 0.00258. The third kappa shape index (κ3) is 5.48. The van der Waals surface area contributed by atoms with Gasteiger partial charge in [0.2, 0.25) is 0 Å². The molecule has 0 saturated carbocycles. The van der Waals surface area contributed by atoms with Crippen molar-refractivity contribution in [2.24, 2.45) is 15.9 Å². The fourth-order valence-corrected chi connectivity index (χ4v) is 6.81. The molecule has 1 N–H and O–H groups in total. The molecule has 0 amide bonds. The van der Waals surface area contributed by atoms with Crippen LogP contribution in [0.2, 0.25) is 0 Å². The highest BCUT2D eigenvalue weighted by atomic mass is 32.2. The Kier molecular flexibility index (Phi) is 8.10. The zero-order valence-corrected chi connectivity index (χ0v) is 21.8. The van der Waals surface area contributed by atoms with E-state index in [1.54, 1.807) is 18.2 Å². The quantitative estimate of drug-likeness (QED) is 0.518. The first-order chi connectivity index (χ1) is 18.4. The number of thioether (sulfide) groups is 1. The molecule has 12 heteroatoms. The molecule has 204 valence electrons. The number of halogens is 2. The molecule has 0 aromatic heterocycles. The average Bonchev–Trinajstić information content (AvgIpc) is 3.31. The summed E-state index contributed by atoms with van der Waals surface area (Å²) < 4.78 is 39.8. The first-order valence-electron chi connectivity index (χ1n) is 12.7. The van der Waals surface area contributed by atoms with E-state index < -0.39 is 34.9 Å². The number of morpholine rings is 1. The summed E-state index contributed by atoms with van der Waals surface area (Å²) in [5.41, 5.74) is 0.903. The maximum Gasteiger partial charge on any atom is 0.322 e. The predicted molar refractivity (Wildman–Crippen MR) is 138 cm³/mol.